The highest BCUT2D eigenvalue weighted by atomic mass is 79.9. The monoisotopic (exact) mass is 360 g/mol. The lowest BCUT2D eigenvalue weighted by Gasteiger charge is -2.14. The van der Waals surface area contributed by atoms with E-state index in [1.54, 1.807) is 6.07 Å². The van der Waals surface area contributed by atoms with E-state index < -0.39 is 25.0 Å². The number of halogens is 1. The van der Waals surface area contributed by atoms with Crippen LogP contribution in [0.5, 0.6) is 11.5 Å². The molecular weight excluding hydrogens is 348 g/mol. The van der Waals surface area contributed by atoms with Gasteiger partial charge in [0.2, 0.25) is 0 Å². The fourth-order valence-electron chi connectivity index (χ4n) is 1.44. The lowest BCUT2D eigenvalue weighted by atomic mass is 10.2. The lowest BCUT2D eigenvalue weighted by molar-refractivity contribution is -0.141. The molecule has 0 saturated heterocycles. The van der Waals surface area contributed by atoms with Gasteiger partial charge in [0.15, 0.2) is 11.5 Å². The van der Waals surface area contributed by atoms with Gasteiger partial charge in [-0.2, -0.15) is 5.10 Å². The highest BCUT2D eigenvalue weighted by molar-refractivity contribution is 9.10. The summed E-state index contributed by atoms with van der Waals surface area (Å²) in [7, 11) is 1.38. The van der Waals surface area contributed by atoms with E-state index in [9.17, 15) is 14.7 Å². The molecule has 0 spiro atoms. The molecule has 0 radical (unpaired) electrons. The molecule has 0 atom stereocenters. The third-order valence-corrected chi connectivity index (χ3v) is 2.74. The number of carboxylic acids is 2. The number of benzene rings is 1. The van der Waals surface area contributed by atoms with E-state index in [0.29, 0.717) is 4.47 Å². The quantitative estimate of drug-likeness (QED) is 0.489. The van der Waals surface area contributed by atoms with Crippen molar-refractivity contribution in [3.05, 3.63) is 22.2 Å². The molecule has 0 aliphatic rings. The number of hydrogen-bond donors (Lipinski definition) is 3. The number of ether oxygens (including phenoxy) is 1. The number of hydrazone groups is 1. The SMILES string of the molecule is COc1cc(Br)cc(/C=N\N(CC(=O)O)CC(=O)O)c1O. The van der Waals surface area contributed by atoms with E-state index in [0.717, 1.165) is 11.2 Å². The van der Waals surface area contributed by atoms with Gasteiger partial charge in [0, 0.05) is 10.0 Å². The molecule has 1 aromatic rings. The van der Waals surface area contributed by atoms with E-state index in [-0.39, 0.29) is 17.1 Å². The number of nitrogens with zero attached hydrogens (tertiary/aromatic N) is 2. The van der Waals surface area contributed by atoms with Gasteiger partial charge < -0.3 is 20.1 Å². The van der Waals surface area contributed by atoms with Crippen molar-refractivity contribution in [1.29, 1.82) is 0 Å². The molecule has 0 bridgehead atoms. The van der Waals surface area contributed by atoms with Crippen molar-refractivity contribution in [3.63, 3.8) is 0 Å². The van der Waals surface area contributed by atoms with Gasteiger partial charge in [0.1, 0.15) is 13.1 Å². The van der Waals surface area contributed by atoms with Gasteiger partial charge >= 0.3 is 11.9 Å². The Morgan fingerprint density at radius 3 is 2.38 bits per heavy atom. The van der Waals surface area contributed by atoms with Crippen molar-refractivity contribution < 1.29 is 29.6 Å². The van der Waals surface area contributed by atoms with Crippen LogP contribution in [0.3, 0.4) is 0 Å². The Balaban J connectivity index is 3.02. The highest BCUT2D eigenvalue weighted by Crippen LogP contribution is 2.32. The largest absolute Gasteiger partial charge is 0.504 e. The summed E-state index contributed by atoms with van der Waals surface area (Å²) in [6.45, 7) is -1.15. The van der Waals surface area contributed by atoms with Gasteiger partial charge in [0.25, 0.3) is 0 Å². The maximum Gasteiger partial charge on any atom is 0.324 e. The van der Waals surface area contributed by atoms with Gasteiger partial charge in [-0.25, -0.2) is 0 Å². The van der Waals surface area contributed by atoms with E-state index in [2.05, 4.69) is 21.0 Å². The number of aromatic hydroxyl groups is 1. The van der Waals surface area contributed by atoms with E-state index in [4.69, 9.17) is 14.9 Å². The number of rotatable bonds is 7. The van der Waals surface area contributed by atoms with E-state index >= 15 is 0 Å². The van der Waals surface area contributed by atoms with E-state index in [1.165, 1.54) is 13.2 Å². The van der Waals surface area contributed by atoms with Crippen molar-refractivity contribution in [2.75, 3.05) is 20.2 Å². The number of hydrogen-bond acceptors (Lipinski definition) is 6. The van der Waals surface area contributed by atoms with Crippen LogP contribution < -0.4 is 4.74 Å². The zero-order valence-corrected chi connectivity index (χ0v) is 12.6. The Morgan fingerprint density at radius 2 is 1.90 bits per heavy atom. The molecule has 0 fully saturated rings. The fraction of sp³-hybridized carbons (Fsp3) is 0.250. The average molecular weight is 361 g/mol. The summed E-state index contributed by atoms with van der Waals surface area (Å²) >= 11 is 3.22. The molecule has 9 heteroatoms. The Labute approximate surface area is 128 Å². The van der Waals surface area contributed by atoms with Crippen LogP contribution in [0.25, 0.3) is 0 Å². The van der Waals surface area contributed by atoms with Crippen LogP contribution in [0.15, 0.2) is 21.7 Å². The van der Waals surface area contributed by atoms with Crippen molar-refractivity contribution in [2.45, 2.75) is 0 Å². The van der Waals surface area contributed by atoms with Crippen molar-refractivity contribution in [2.24, 2.45) is 5.10 Å². The second-order valence-corrected chi connectivity index (χ2v) is 4.82. The minimum atomic E-state index is -1.22. The molecule has 21 heavy (non-hydrogen) atoms. The predicted octanol–water partition coefficient (Wildman–Crippen LogP) is 0.968. The van der Waals surface area contributed by atoms with Gasteiger partial charge in [-0.15, -0.1) is 0 Å². The zero-order chi connectivity index (χ0) is 16.0. The van der Waals surface area contributed by atoms with Crippen LogP contribution in [0.2, 0.25) is 0 Å². The van der Waals surface area contributed by atoms with Gasteiger partial charge in [-0.1, -0.05) is 15.9 Å². The summed E-state index contributed by atoms with van der Waals surface area (Å²) in [6.07, 6.45) is 1.16. The van der Waals surface area contributed by atoms with Crippen LogP contribution in [0.4, 0.5) is 0 Å². The summed E-state index contributed by atoms with van der Waals surface area (Å²) in [5.74, 6) is -2.42. The summed E-state index contributed by atoms with van der Waals surface area (Å²) in [6, 6.07) is 3.07. The molecule has 0 aromatic heterocycles. The van der Waals surface area contributed by atoms with Crippen LogP contribution >= 0.6 is 15.9 Å². The molecule has 0 unspecified atom stereocenters. The van der Waals surface area contributed by atoms with Crippen LogP contribution in [0, 0.1) is 0 Å². The Bertz CT molecular complexity index is 559. The van der Waals surface area contributed by atoms with Crippen molar-refractivity contribution in [3.8, 4) is 11.5 Å². The first-order valence-electron chi connectivity index (χ1n) is 5.62. The number of aliphatic carboxylic acids is 2. The summed E-state index contributed by atoms with van der Waals surface area (Å²) in [5.41, 5.74) is 0.252. The van der Waals surface area contributed by atoms with Crippen molar-refractivity contribution >= 4 is 34.1 Å². The van der Waals surface area contributed by atoms with Crippen LogP contribution in [-0.4, -0.2) is 58.7 Å². The molecule has 3 N–H and O–H groups in total. The predicted molar refractivity (Wildman–Crippen MR) is 76.8 cm³/mol. The minimum absolute atomic E-state index is 0.185. The molecule has 0 aliphatic carbocycles. The molecule has 0 aliphatic heterocycles. The van der Waals surface area contributed by atoms with Gasteiger partial charge in [0.05, 0.1) is 13.3 Å². The normalized spacial score (nSPS) is 10.6. The first-order valence-corrected chi connectivity index (χ1v) is 6.41. The third kappa shape index (κ3) is 5.30. The number of carbonyl (C=O) groups is 2. The highest BCUT2D eigenvalue weighted by Gasteiger charge is 2.12. The molecule has 8 nitrogen and oxygen atoms in total. The number of carboxylic acid groups (broad SMARTS) is 2. The van der Waals surface area contributed by atoms with Gasteiger partial charge in [-0.3, -0.25) is 14.6 Å². The molecular formula is C12H13BrN2O6. The maximum atomic E-state index is 10.6. The van der Waals surface area contributed by atoms with Crippen LogP contribution in [-0.2, 0) is 9.59 Å². The zero-order valence-electron chi connectivity index (χ0n) is 11.0. The van der Waals surface area contributed by atoms with Crippen molar-refractivity contribution in [1.82, 2.24) is 5.01 Å². The smallest absolute Gasteiger partial charge is 0.324 e. The number of methoxy groups -OCH3 is 1. The summed E-state index contributed by atoms with van der Waals surface area (Å²) in [4.78, 5) is 21.3. The maximum absolute atomic E-state index is 10.6. The molecule has 114 valence electrons. The number of phenolic OH excluding ortho intramolecular Hbond substituents is 1. The lowest BCUT2D eigenvalue weighted by Crippen LogP contribution is -2.30. The number of phenols is 1. The molecule has 1 rings (SSSR count). The topological polar surface area (TPSA) is 120 Å². The first-order chi connectivity index (χ1) is 9.83. The Hall–Kier alpha value is -2.29. The Kier molecular flexibility index (Phi) is 5.97. The Morgan fingerprint density at radius 1 is 1.33 bits per heavy atom. The van der Waals surface area contributed by atoms with E-state index in [1.807, 2.05) is 0 Å². The fourth-order valence-corrected chi connectivity index (χ4v) is 1.90. The molecule has 0 heterocycles. The second kappa shape index (κ2) is 7.48. The first kappa shape index (κ1) is 16.8. The third-order valence-electron chi connectivity index (χ3n) is 2.28. The molecule has 0 amide bonds. The molecule has 1 aromatic carbocycles. The standard InChI is InChI=1S/C12H13BrN2O6/c1-21-9-3-8(13)2-7(12(9)20)4-14-15(5-10(16)17)6-11(18)19/h2-4,20H,5-6H2,1H3,(H,16,17)(H,18,19)/b14-4-. The average Bonchev–Trinajstić information content (AvgIpc) is 2.37. The van der Waals surface area contributed by atoms with Crippen LogP contribution in [0.1, 0.15) is 5.56 Å². The molecule has 0 saturated carbocycles. The minimum Gasteiger partial charge on any atom is -0.504 e. The van der Waals surface area contributed by atoms with Gasteiger partial charge in [-0.05, 0) is 12.1 Å². The second-order valence-electron chi connectivity index (χ2n) is 3.90. The summed E-state index contributed by atoms with van der Waals surface area (Å²) in [5, 5.41) is 31.9. The summed E-state index contributed by atoms with van der Waals surface area (Å²) < 4.78 is 5.57.